The van der Waals surface area contributed by atoms with Crippen LogP contribution >= 0.6 is 0 Å². The highest BCUT2D eigenvalue weighted by atomic mass is 16.5. The van der Waals surface area contributed by atoms with Crippen molar-refractivity contribution in [2.45, 2.75) is 26.7 Å². The molecule has 0 saturated heterocycles. The zero-order valence-corrected chi connectivity index (χ0v) is 12.2. The second kappa shape index (κ2) is 7.79. The number of hydrogen-bond acceptors (Lipinski definition) is 3. The van der Waals surface area contributed by atoms with Crippen LogP contribution in [0.3, 0.4) is 0 Å². The molecule has 1 aromatic rings. The van der Waals surface area contributed by atoms with E-state index in [2.05, 4.69) is 5.32 Å². The van der Waals surface area contributed by atoms with Gasteiger partial charge in [-0.2, -0.15) is 0 Å². The van der Waals surface area contributed by atoms with Crippen molar-refractivity contribution in [1.82, 2.24) is 5.32 Å². The van der Waals surface area contributed by atoms with Gasteiger partial charge in [0, 0.05) is 20.3 Å². The number of nitrogens with one attached hydrogen (secondary N) is 1. The van der Waals surface area contributed by atoms with Crippen LogP contribution in [0.2, 0.25) is 0 Å². The average molecular weight is 265 g/mol. The molecule has 1 amide bonds. The van der Waals surface area contributed by atoms with Gasteiger partial charge in [0.05, 0.1) is 13.5 Å². The van der Waals surface area contributed by atoms with Crippen LogP contribution in [0.15, 0.2) is 12.1 Å². The predicted molar refractivity (Wildman–Crippen MR) is 75.7 cm³/mol. The van der Waals surface area contributed by atoms with Crippen LogP contribution in [0.5, 0.6) is 5.75 Å². The van der Waals surface area contributed by atoms with Crippen molar-refractivity contribution in [1.29, 1.82) is 0 Å². The summed E-state index contributed by atoms with van der Waals surface area (Å²) in [5, 5.41) is 2.89. The van der Waals surface area contributed by atoms with Gasteiger partial charge in [0.1, 0.15) is 5.75 Å². The molecule has 106 valence electrons. The highest BCUT2D eigenvalue weighted by Gasteiger charge is 2.08. The Bertz CT molecular complexity index is 430. The molecule has 0 unspecified atom stereocenters. The van der Waals surface area contributed by atoms with Gasteiger partial charge in [0.25, 0.3) is 0 Å². The molecule has 1 rings (SSSR count). The molecule has 19 heavy (non-hydrogen) atoms. The SMILES string of the molecule is COCCCNC(=O)Cc1cc(C)c(OC)cc1C. The molecule has 1 aromatic carbocycles. The van der Waals surface area contributed by atoms with E-state index >= 15 is 0 Å². The number of carbonyl (C=O) groups is 1. The number of benzene rings is 1. The molecule has 0 atom stereocenters. The lowest BCUT2D eigenvalue weighted by Gasteiger charge is -2.11. The minimum absolute atomic E-state index is 0.0452. The highest BCUT2D eigenvalue weighted by molar-refractivity contribution is 5.79. The molecule has 0 aliphatic heterocycles. The van der Waals surface area contributed by atoms with Gasteiger partial charge in [-0.15, -0.1) is 0 Å². The number of amides is 1. The molecule has 0 saturated carbocycles. The molecule has 0 spiro atoms. The fraction of sp³-hybridized carbons (Fsp3) is 0.533. The van der Waals surface area contributed by atoms with Crippen LogP contribution in [-0.4, -0.2) is 33.3 Å². The van der Waals surface area contributed by atoms with E-state index < -0.39 is 0 Å². The van der Waals surface area contributed by atoms with Gasteiger partial charge in [-0.3, -0.25) is 4.79 Å². The first-order valence-corrected chi connectivity index (χ1v) is 6.48. The number of hydrogen-bond donors (Lipinski definition) is 1. The van der Waals surface area contributed by atoms with E-state index in [4.69, 9.17) is 9.47 Å². The van der Waals surface area contributed by atoms with Crippen molar-refractivity contribution in [3.8, 4) is 5.75 Å². The predicted octanol–water partition coefficient (Wildman–Crippen LogP) is 2.01. The van der Waals surface area contributed by atoms with Crippen molar-refractivity contribution in [3.63, 3.8) is 0 Å². The minimum atomic E-state index is 0.0452. The molecule has 0 aliphatic carbocycles. The molecular formula is C15H23NO3. The Balaban J connectivity index is 2.57. The largest absolute Gasteiger partial charge is 0.496 e. The summed E-state index contributed by atoms with van der Waals surface area (Å²) < 4.78 is 10.2. The van der Waals surface area contributed by atoms with E-state index in [1.165, 1.54) is 0 Å². The summed E-state index contributed by atoms with van der Waals surface area (Å²) in [6.07, 6.45) is 1.24. The van der Waals surface area contributed by atoms with E-state index in [9.17, 15) is 4.79 Å². The van der Waals surface area contributed by atoms with Crippen molar-refractivity contribution in [2.75, 3.05) is 27.4 Å². The summed E-state index contributed by atoms with van der Waals surface area (Å²) in [5.41, 5.74) is 3.17. The van der Waals surface area contributed by atoms with E-state index in [-0.39, 0.29) is 5.91 Å². The van der Waals surface area contributed by atoms with Crippen LogP contribution in [0.1, 0.15) is 23.1 Å². The maximum atomic E-state index is 11.8. The number of rotatable bonds is 7. The summed E-state index contributed by atoms with van der Waals surface area (Å²) >= 11 is 0. The lowest BCUT2D eigenvalue weighted by molar-refractivity contribution is -0.120. The van der Waals surface area contributed by atoms with Gasteiger partial charge >= 0.3 is 0 Å². The van der Waals surface area contributed by atoms with Gasteiger partial charge < -0.3 is 14.8 Å². The zero-order chi connectivity index (χ0) is 14.3. The summed E-state index contributed by atoms with van der Waals surface area (Å²) in [6, 6.07) is 3.99. The summed E-state index contributed by atoms with van der Waals surface area (Å²) in [6.45, 7) is 5.30. The van der Waals surface area contributed by atoms with E-state index in [1.54, 1.807) is 14.2 Å². The molecule has 4 heteroatoms. The molecule has 0 heterocycles. The normalized spacial score (nSPS) is 10.3. The van der Waals surface area contributed by atoms with Crippen LogP contribution in [-0.2, 0) is 16.0 Å². The average Bonchev–Trinajstić information content (AvgIpc) is 2.38. The van der Waals surface area contributed by atoms with Crippen molar-refractivity contribution in [3.05, 3.63) is 28.8 Å². The third-order valence-corrected chi connectivity index (χ3v) is 3.05. The first-order valence-electron chi connectivity index (χ1n) is 6.48. The van der Waals surface area contributed by atoms with Crippen molar-refractivity contribution < 1.29 is 14.3 Å². The maximum Gasteiger partial charge on any atom is 0.224 e. The third kappa shape index (κ3) is 4.91. The first-order chi connectivity index (χ1) is 9.08. The van der Waals surface area contributed by atoms with E-state index in [0.29, 0.717) is 19.6 Å². The molecule has 1 N–H and O–H groups in total. The topological polar surface area (TPSA) is 47.6 Å². The molecular weight excluding hydrogens is 242 g/mol. The smallest absolute Gasteiger partial charge is 0.224 e. The van der Waals surface area contributed by atoms with Gasteiger partial charge in [-0.25, -0.2) is 0 Å². The fourth-order valence-electron chi connectivity index (χ4n) is 1.94. The second-order valence-corrected chi connectivity index (χ2v) is 4.62. The van der Waals surface area contributed by atoms with E-state index in [0.717, 1.165) is 28.9 Å². The Hall–Kier alpha value is -1.55. The lowest BCUT2D eigenvalue weighted by atomic mass is 10.0. The number of carbonyl (C=O) groups excluding carboxylic acids is 1. The highest BCUT2D eigenvalue weighted by Crippen LogP contribution is 2.22. The standard InChI is InChI=1S/C15H23NO3/c1-11-9-14(19-4)12(2)8-13(11)10-15(17)16-6-5-7-18-3/h8-9H,5-7,10H2,1-4H3,(H,16,17). The van der Waals surface area contributed by atoms with E-state index in [1.807, 2.05) is 26.0 Å². The van der Waals surface area contributed by atoms with Crippen LogP contribution in [0.25, 0.3) is 0 Å². The maximum absolute atomic E-state index is 11.8. The molecule has 0 aliphatic rings. The molecule has 0 bridgehead atoms. The summed E-state index contributed by atoms with van der Waals surface area (Å²) in [4.78, 5) is 11.8. The summed E-state index contributed by atoms with van der Waals surface area (Å²) in [5.74, 6) is 0.908. The number of aryl methyl sites for hydroxylation is 2. The molecule has 0 radical (unpaired) electrons. The van der Waals surface area contributed by atoms with Crippen LogP contribution in [0, 0.1) is 13.8 Å². The Morgan fingerprint density at radius 2 is 1.95 bits per heavy atom. The van der Waals surface area contributed by atoms with Crippen molar-refractivity contribution in [2.24, 2.45) is 0 Å². The van der Waals surface area contributed by atoms with Gasteiger partial charge in [-0.05, 0) is 43.0 Å². The Kier molecular flexibility index (Phi) is 6.36. The zero-order valence-electron chi connectivity index (χ0n) is 12.2. The number of ether oxygens (including phenoxy) is 2. The van der Waals surface area contributed by atoms with Gasteiger partial charge in [-0.1, -0.05) is 6.07 Å². The fourth-order valence-corrected chi connectivity index (χ4v) is 1.94. The summed E-state index contributed by atoms with van der Waals surface area (Å²) in [7, 11) is 3.31. The minimum Gasteiger partial charge on any atom is -0.496 e. The third-order valence-electron chi connectivity index (χ3n) is 3.05. The van der Waals surface area contributed by atoms with Gasteiger partial charge in [0.15, 0.2) is 0 Å². The molecule has 0 fully saturated rings. The van der Waals surface area contributed by atoms with Gasteiger partial charge in [0.2, 0.25) is 5.91 Å². The first kappa shape index (κ1) is 15.5. The Morgan fingerprint density at radius 3 is 2.58 bits per heavy atom. The van der Waals surface area contributed by atoms with Crippen molar-refractivity contribution >= 4 is 5.91 Å². The van der Waals surface area contributed by atoms with Crippen LogP contribution < -0.4 is 10.1 Å². The molecule has 4 nitrogen and oxygen atoms in total. The Labute approximate surface area is 115 Å². The Morgan fingerprint density at radius 1 is 1.21 bits per heavy atom. The second-order valence-electron chi connectivity index (χ2n) is 4.62. The number of methoxy groups -OCH3 is 2. The quantitative estimate of drug-likeness (QED) is 0.767. The molecule has 0 aromatic heterocycles. The van der Waals surface area contributed by atoms with Crippen LogP contribution in [0.4, 0.5) is 0 Å². The monoisotopic (exact) mass is 265 g/mol. The lowest BCUT2D eigenvalue weighted by Crippen LogP contribution is -2.27.